The highest BCUT2D eigenvalue weighted by Gasteiger charge is 2.16. The van der Waals surface area contributed by atoms with Crippen molar-refractivity contribution in [1.29, 1.82) is 0 Å². The molecule has 2 N–H and O–H groups in total. The molecule has 1 unspecified atom stereocenters. The van der Waals surface area contributed by atoms with Gasteiger partial charge in [0.25, 0.3) is 10.0 Å². The lowest BCUT2D eigenvalue weighted by Crippen LogP contribution is -2.19. The summed E-state index contributed by atoms with van der Waals surface area (Å²) < 4.78 is 32.5. The number of aromatic nitrogens is 1. The fourth-order valence-corrected chi connectivity index (χ4v) is 4.24. The summed E-state index contributed by atoms with van der Waals surface area (Å²) in [4.78, 5) is 4.21. The first-order chi connectivity index (χ1) is 10.6. The first-order valence-electron chi connectivity index (χ1n) is 7.01. The number of hydrogen-bond donors (Lipinski definition) is 2. The average Bonchev–Trinajstić information content (AvgIpc) is 3.20. The zero-order chi connectivity index (χ0) is 15.4. The number of sulfonamides is 1. The SMILES string of the molecule is O=S(=O)(Nc1ccc(NCC2CCCO2)nc1)c1cccs1. The van der Waals surface area contributed by atoms with Crippen LogP contribution in [0.2, 0.25) is 0 Å². The van der Waals surface area contributed by atoms with Gasteiger partial charge in [0.15, 0.2) is 0 Å². The summed E-state index contributed by atoms with van der Waals surface area (Å²) in [6, 6.07) is 6.71. The summed E-state index contributed by atoms with van der Waals surface area (Å²) >= 11 is 1.18. The lowest BCUT2D eigenvalue weighted by Gasteiger charge is -2.11. The van der Waals surface area contributed by atoms with Crippen molar-refractivity contribution in [3.8, 4) is 0 Å². The van der Waals surface area contributed by atoms with Crippen LogP contribution in [0.3, 0.4) is 0 Å². The Bertz CT molecular complexity index is 693. The van der Waals surface area contributed by atoms with Crippen molar-refractivity contribution in [3.63, 3.8) is 0 Å². The minimum atomic E-state index is -3.52. The molecule has 22 heavy (non-hydrogen) atoms. The summed E-state index contributed by atoms with van der Waals surface area (Å²) in [5.41, 5.74) is 0.441. The average molecular weight is 339 g/mol. The second-order valence-electron chi connectivity index (χ2n) is 4.99. The Labute approximate surface area is 133 Å². The summed E-state index contributed by atoms with van der Waals surface area (Å²) in [7, 11) is -3.52. The van der Waals surface area contributed by atoms with E-state index in [1.807, 2.05) is 0 Å². The van der Waals surface area contributed by atoms with Crippen LogP contribution in [-0.4, -0.2) is 32.7 Å². The van der Waals surface area contributed by atoms with Crippen LogP contribution in [0.5, 0.6) is 0 Å². The lowest BCUT2D eigenvalue weighted by atomic mass is 10.2. The molecule has 1 aliphatic rings. The van der Waals surface area contributed by atoms with Gasteiger partial charge in [-0.15, -0.1) is 11.3 Å². The highest BCUT2D eigenvalue weighted by Crippen LogP contribution is 2.20. The van der Waals surface area contributed by atoms with Crippen molar-refractivity contribution < 1.29 is 13.2 Å². The smallest absolute Gasteiger partial charge is 0.271 e. The van der Waals surface area contributed by atoms with Crippen LogP contribution in [0.25, 0.3) is 0 Å². The number of hydrogen-bond acceptors (Lipinski definition) is 6. The molecule has 1 fully saturated rings. The van der Waals surface area contributed by atoms with Gasteiger partial charge in [-0.05, 0) is 36.4 Å². The molecule has 1 aliphatic heterocycles. The van der Waals surface area contributed by atoms with Gasteiger partial charge in [-0.25, -0.2) is 13.4 Å². The Morgan fingerprint density at radius 3 is 2.91 bits per heavy atom. The van der Waals surface area contributed by atoms with E-state index in [0.29, 0.717) is 18.1 Å². The minimum absolute atomic E-state index is 0.235. The molecule has 3 rings (SSSR count). The van der Waals surface area contributed by atoms with Crippen molar-refractivity contribution in [2.24, 2.45) is 0 Å². The summed E-state index contributed by atoms with van der Waals surface area (Å²) in [6.07, 6.45) is 3.90. The molecule has 0 aliphatic carbocycles. The maximum atomic E-state index is 12.1. The van der Waals surface area contributed by atoms with E-state index >= 15 is 0 Å². The molecular formula is C14H17N3O3S2. The van der Waals surface area contributed by atoms with E-state index in [1.165, 1.54) is 17.5 Å². The molecule has 2 aromatic heterocycles. The van der Waals surface area contributed by atoms with E-state index in [4.69, 9.17) is 4.74 Å². The Balaban J connectivity index is 1.59. The van der Waals surface area contributed by atoms with Crippen molar-refractivity contribution in [1.82, 2.24) is 4.98 Å². The van der Waals surface area contributed by atoms with Crippen molar-refractivity contribution in [2.75, 3.05) is 23.2 Å². The highest BCUT2D eigenvalue weighted by molar-refractivity contribution is 7.94. The van der Waals surface area contributed by atoms with Crippen LogP contribution >= 0.6 is 11.3 Å². The molecule has 6 nitrogen and oxygen atoms in total. The normalized spacial score (nSPS) is 18.3. The van der Waals surface area contributed by atoms with Crippen LogP contribution in [0.1, 0.15) is 12.8 Å². The number of ether oxygens (including phenoxy) is 1. The van der Waals surface area contributed by atoms with E-state index in [1.54, 1.807) is 29.6 Å². The monoisotopic (exact) mass is 339 g/mol. The van der Waals surface area contributed by atoms with E-state index in [0.717, 1.165) is 19.4 Å². The highest BCUT2D eigenvalue weighted by atomic mass is 32.2. The molecule has 3 heterocycles. The number of nitrogens with zero attached hydrogens (tertiary/aromatic N) is 1. The van der Waals surface area contributed by atoms with Gasteiger partial charge < -0.3 is 10.1 Å². The number of rotatable bonds is 6. The van der Waals surface area contributed by atoms with Gasteiger partial charge in [0, 0.05) is 13.2 Å². The molecule has 1 saturated heterocycles. The Hall–Kier alpha value is -1.64. The fourth-order valence-electron chi connectivity index (χ4n) is 2.20. The molecule has 0 spiro atoms. The molecule has 0 radical (unpaired) electrons. The van der Waals surface area contributed by atoms with Gasteiger partial charge in [0.1, 0.15) is 10.0 Å². The van der Waals surface area contributed by atoms with E-state index in [9.17, 15) is 8.42 Å². The first kappa shape index (κ1) is 15.3. The van der Waals surface area contributed by atoms with Crippen molar-refractivity contribution in [3.05, 3.63) is 35.8 Å². The molecule has 0 bridgehead atoms. The van der Waals surface area contributed by atoms with Gasteiger partial charge in [-0.1, -0.05) is 6.07 Å². The van der Waals surface area contributed by atoms with Gasteiger partial charge in [-0.3, -0.25) is 4.72 Å². The standard InChI is InChI=1S/C14H17N3O3S2/c18-22(19,14-4-2-8-21-14)17-11-5-6-13(15-9-11)16-10-12-3-1-7-20-12/h2,4-6,8-9,12,17H,1,3,7,10H2,(H,15,16). The second kappa shape index (κ2) is 6.64. The topological polar surface area (TPSA) is 80.3 Å². The molecule has 1 atom stereocenters. The lowest BCUT2D eigenvalue weighted by molar-refractivity contribution is 0.120. The third kappa shape index (κ3) is 3.76. The van der Waals surface area contributed by atoms with E-state index in [2.05, 4.69) is 15.0 Å². The molecular weight excluding hydrogens is 322 g/mol. The minimum Gasteiger partial charge on any atom is -0.376 e. The Kier molecular flexibility index (Phi) is 4.60. The second-order valence-corrected chi connectivity index (χ2v) is 7.84. The van der Waals surface area contributed by atoms with Gasteiger partial charge in [0.05, 0.1) is 18.0 Å². The first-order valence-corrected chi connectivity index (χ1v) is 9.38. The van der Waals surface area contributed by atoms with Crippen molar-refractivity contribution >= 4 is 32.9 Å². The zero-order valence-electron chi connectivity index (χ0n) is 11.9. The number of thiophene rings is 1. The number of anilines is 2. The molecule has 118 valence electrons. The number of nitrogens with one attached hydrogen (secondary N) is 2. The quantitative estimate of drug-likeness (QED) is 0.845. The molecule has 0 aromatic carbocycles. The summed E-state index contributed by atoms with van der Waals surface area (Å²) in [6.45, 7) is 1.54. The van der Waals surface area contributed by atoms with Gasteiger partial charge >= 0.3 is 0 Å². The maximum absolute atomic E-state index is 12.1. The summed E-state index contributed by atoms with van der Waals surface area (Å²) in [5.74, 6) is 0.703. The van der Waals surface area contributed by atoms with Crippen LogP contribution < -0.4 is 10.0 Å². The predicted octanol–water partition coefficient (Wildman–Crippen LogP) is 2.53. The van der Waals surface area contributed by atoms with E-state index < -0.39 is 10.0 Å². The maximum Gasteiger partial charge on any atom is 0.271 e. The van der Waals surface area contributed by atoms with Gasteiger partial charge in [0.2, 0.25) is 0 Å². The third-order valence-electron chi connectivity index (χ3n) is 3.31. The summed E-state index contributed by atoms with van der Waals surface area (Å²) in [5, 5.41) is 4.92. The zero-order valence-corrected chi connectivity index (χ0v) is 13.5. The van der Waals surface area contributed by atoms with Crippen LogP contribution in [0, 0.1) is 0 Å². The van der Waals surface area contributed by atoms with Crippen molar-refractivity contribution in [2.45, 2.75) is 23.2 Å². The molecule has 8 heteroatoms. The van der Waals surface area contributed by atoms with E-state index in [-0.39, 0.29) is 10.3 Å². The Morgan fingerprint density at radius 2 is 2.27 bits per heavy atom. The van der Waals surface area contributed by atoms with Gasteiger partial charge in [-0.2, -0.15) is 0 Å². The molecule has 0 saturated carbocycles. The van der Waals surface area contributed by atoms with Crippen LogP contribution in [0.4, 0.5) is 11.5 Å². The predicted molar refractivity (Wildman–Crippen MR) is 86.8 cm³/mol. The fraction of sp³-hybridized carbons (Fsp3) is 0.357. The Morgan fingerprint density at radius 1 is 1.36 bits per heavy atom. The third-order valence-corrected chi connectivity index (χ3v) is 6.09. The number of pyridine rings is 1. The largest absolute Gasteiger partial charge is 0.376 e. The van der Waals surface area contributed by atoms with Crippen LogP contribution in [-0.2, 0) is 14.8 Å². The van der Waals surface area contributed by atoms with Crippen LogP contribution in [0.15, 0.2) is 40.1 Å². The molecule has 2 aromatic rings. The molecule has 0 amide bonds.